The molecule has 2 rings (SSSR count). The van der Waals surface area contributed by atoms with E-state index < -0.39 is 0 Å². The van der Waals surface area contributed by atoms with Crippen LogP contribution in [0.3, 0.4) is 0 Å². The van der Waals surface area contributed by atoms with Crippen LogP contribution < -0.4 is 10.1 Å². The predicted molar refractivity (Wildman–Crippen MR) is 80.8 cm³/mol. The summed E-state index contributed by atoms with van der Waals surface area (Å²) in [5.41, 5.74) is 1.26. The summed E-state index contributed by atoms with van der Waals surface area (Å²) in [6, 6.07) is 10.6. The molecule has 1 atom stereocenters. The third-order valence-electron chi connectivity index (χ3n) is 3.07. The van der Waals surface area contributed by atoms with Gasteiger partial charge in [-0.3, -0.25) is 4.68 Å². The number of nitrogens with one attached hydrogen (secondary N) is 1. The highest BCUT2D eigenvalue weighted by Crippen LogP contribution is 2.12. The molecule has 0 saturated heterocycles. The molecular weight excluding hydrogens is 250 g/mol. The summed E-state index contributed by atoms with van der Waals surface area (Å²) in [5.74, 6) is 0.945. The van der Waals surface area contributed by atoms with Crippen LogP contribution in [0.4, 0.5) is 0 Å². The van der Waals surface area contributed by atoms with Gasteiger partial charge in [0.25, 0.3) is 0 Å². The van der Waals surface area contributed by atoms with Crippen LogP contribution >= 0.6 is 0 Å². The lowest BCUT2D eigenvalue weighted by Gasteiger charge is -2.14. The highest BCUT2D eigenvalue weighted by Gasteiger charge is 2.03. The minimum Gasteiger partial charge on any atom is -0.494 e. The lowest BCUT2D eigenvalue weighted by molar-refractivity contribution is 0.317. The Morgan fingerprint density at radius 2 is 2.10 bits per heavy atom. The summed E-state index contributed by atoms with van der Waals surface area (Å²) >= 11 is 0. The maximum absolute atomic E-state index is 5.57. The molecule has 0 aliphatic carbocycles. The topological polar surface area (TPSA) is 39.1 Å². The van der Waals surface area contributed by atoms with E-state index in [1.54, 1.807) is 0 Å². The second-order valence-electron chi connectivity index (χ2n) is 5.00. The number of nitrogens with zero attached hydrogens (tertiary/aromatic N) is 2. The van der Waals surface area contributed by atoms with E-state index in [1.807, 2.05) is 35.3 Å². The van der Waals surface area contributed by atoms with E-state index in [-0.39, 0.29) is 0 Å². The molecule has 20 heavy (non-hydrogen) atoms. The minimum atomic E-state index is 0.380. The van der Waals surface area contributed by atoms with Gasteiger partial charge in [-0.1, -0.05) is 19.1 Å². The van der Waals surface area contributed by atoms with Gasteiger partial charge in [0.1, 0.15) is 5.75 Å². The van der Waals surface area contributed by atoms with Crippen LogP contribution in [-0.4, -0.2) is 22.4 Å². The molecule has 108 valence electrons. The van der Waals surface area contributed by atoms with E-state index in [9.17, 15) is 0 Å². The van der Waals surface area contributed by atoms with Gasteiger partial charge >= 0.3 is 0 Å². The first-order valence-corrected chi connectivity index (χ1v) is 7.20. The molecule has 0 radical (unpaired) electrons. The standard InChI is InChI=1S/C16H23N3O/c1-3-11-20-16-7-5-15(6-8-16)12-17-14(2)13-19-10-4-9-18-19/h4-10,14,17H,3,11-13H2,1-2H3. The Bertz CT molecular complexity index is 479. The van der Waals surface area contributed by atoms with Gasteiger partial charge in [0, 0.05) is 25.0 Å². The van der Waals surface area contributed by atoms with Gasteiger partial charge < -0.3 is 10.1 Å². The van der Waals surface area contributed by atoms with Crippen LogP contribution in [0.2, 0.25) is 0 Å². The smallest absolute Gasteiger partial charge is 0.119 e. The zero-order valence-corrected chi connectivity index (χ0v) is 12.2. The fourth-order valence-electron chi connectivity index (χ4n) is 1.97. The van der Waals surface area contributed by atoms with Gasteiger partial charge in [0.15, 0.2) is 0 Å². The van der Waals surface area contributed by atoms with Crippen molar-refractivity contribution < 1.29 is 4.74 Å². The average molecular weight is 273 g/mol. The zero-order chi connectivity index (χ0) is 14.2. The van der Waals surface area contributed by atoms with E-state index in [2.05, 4.69) is 36.4 Å². The highest BCUT2D eigenvalue weighted by atomic mass is 16.5. The van der Waals surface area contributed by atoms with Crippen molar-refractivity contribution in [1.82, 2.24) is 15.1 Å². The van der Waals surface area contributed by atoms with Crippen LogP contribution in [0.15, 0.2) is 42.7 Å². The molecular formula is C16H23N3O. The van der Waals surface area contributed by atoms with Crippen LogP contribution in [0.1, 0.15) is 25.8 Å². The summed E-state index contributed by atoms with van der Waals surface area (Å²) in [6.07, 6.45) is 4.83. The second kappa shape index (κ2) is 7.70. The maximum Gasteiger partial charge on any atom is 0.119 e. The normalized spacial score (nSPS) is 12.3. The van der Waals surface area contributed by atoms with Crippen molar-refractivity contribution in [2.45, 2.75) is 39.4 Å². The van der Waals surface area contributed by atoms with E-state index in [4.69, 9.17) is 4.74 Å². The Morgan fingerprint density at radius 3 is 2.75 bits per heavy atom. The molecule has 1 unspecified atom stereocenters. The van der Waals surface area contributed by atoms with Crippen LogP contribution in [0.5, 0.6) is 5.75 Å². The summed E-state index contributed by atoms with van der Waals surface area (Å²) in [7, 11) is 0. The second-order valence-corrected chi connectivity index (χ2v) is 5.00. The van der Waals surface area contributed by atoms with Crippen molar-refractivity contribution in [3.05, 3.63) is 48.3 Å². The fourth-order valence-corrected chi connectivity index (χ4v) is 1.97. The number of ether oxygens (including phenoxy) is 1. The van der Waals surface area contributed by atoms with Crippen LogP contribution in [-0.2, 0) is 13.1 Å². The first-order chi connectivity index (χ1) is 9.78. The predicted octanol–water partition coefficient (Wildman–Crippen LogP) is 2.85. The van der Waals surface area contributed by atoms with Crippen LogP contribution in [0.25, 0.3) is 0 Å². The molecule has 1 heterocycles. The van der Waals surface area contributed by atoms with E-state index in [0.717, 1.165) is 31.9 Å². The van der Waals surface area contributed by atoms with Crippen molar-refractivity contribution >= 4 is 0 Å². The van der Waals surface area contributed by atoms with E-state index in [1.165, 1.54) is 5.56 Å². The van der Waals surface area contributed by atoms with Crippen molar-refractivity contribution in [1.29, 1.82) is 0 Å². The quantitative estimate of drug-likeness (QED) is 0.804. The third kappa shape index (κ3) is 4.70. The van der Waals surface area contributed by atoms with Gasteiger partial charge in [-0.2, -0.15) is 5.10 Å². The molecule has 1 aromatic heterocycles. The first-order valence-electron chi connectivity index (χ1n) is 7.20. The first kappa shape index (κ1) is 14.6. The van der Waals surface area contributed by atoms with Gasteiger partial charge in [0.05, 0.1) is 13.2 Å². The lowest BCUT2D eigenvalue weighted by Crippen LogP contribution is -2.30. The zero-order valence-electron chi connectivity index (χ0n) is 12.2. The van der Waals surface area contributed by atoms with Crippen LogP contribution in [0, 0.1) is 0 Å². The molecule has 0 aliphatic rings. The van der Waals surface area contributed by atoms with Gasteiger partial charge in [-0.15, -0.1) is 0 Å². The summed E-state index contributed by atoms with van der Waals surface area (Å²) in [6.45, 7) is 6.79. The Kier molecular flexibility index (Phi) is 5.62. The van der Waals surface area contributed by atoms with Crippen molar-refractivity contribution in [3.8, 4) is 5.75 Å². The van der Waals surface area contributed by atoms with E-state index in [0.29, 0.717) is 6.04 Å². The summed E-state index contributed by atoms with van der Waals surface area (Å²) < 4.78 is 7.52. The van der Waals surface area contributed by atoms with Gasteiger partial charge in [-0.05, 0) is 37.1 Å². The molecule has 4 nitrogen and oxygen atoms in total. The van der Waals surface area contributed by atoms with Gasteiger partial charge in [-0.25, -0.2) is 0 Å². The fraction of sp³-hybridized carbons (Fsp3) is 0.438. The molecule has 2 aromatic rings. The molecule has 0 aliphatic heterocycles. The Hall–Kier alpha value is -1.81. The average Bonchev–Trinajstić information content (AvgIpc) is 2.97. The monoisotopic (exact) mass is 273 g/mol. The molecule has 0 spiro atoms. The Labute approximate surface area is 120 Å². The minimum absolute atomic E-state index is 0.380. The van der Waals surface area contributed by atoms with Crippen molar-refractivity contribution in [2.24, 2.45) is 0 Å². The van der Waals surface area contributed by atoms with Crippen molar-refractivity contribution in [3.63, 3.8) is 0 Å². The molecule has 0 fully saturated rings. The number of hydrogen-bond acceptors (Lipinski definition) is 3. The number of aromatic nitrogens is 2. The van der Waals surface area contributed by atoms with E-state index >= 15 is 0 Å². The largest absolute Gasteiger partial charge is 0.494 e. The number of hydrogen-bond donors (Lipinski definition) is 1. The van der Waals surface area contributed by atoms with Crippen molar-refractivity contribution in [2.75, 3.05) is 6.61 Å². The number of rotatable bonds is 8. The number of benzene rings is 1. The summed E-state index contributed by atoms with van der Waals surface area (Å²) in [4.78, 5) is 0. The molecule has 4 heteroatoms. The molecule has 1 N–H and O–H groups in total. The Balaban J connectivity index is 1.75. The maximum atomic E-state index is 5.57. The molecule has 0 amide bonds. The highest BCUT2D eigenvalue weighted by molar-refractivity contribution is 5.27. The molecule has 1 aromatic carbocycles. The SMILES string of the molecule is CCCOc1ccc(CNC(C)Cn2cccn2)cc1. The summed E-state index contributed by atoms with van der Waals surface area (Å²) in [5, 5.41) is 7.71. The van der Waals surface area contributed by atoms with Gasteiger partial charge in [0.2, 0.25) is 0 Å². The lowest BCUT2D eigenvalue weighted by atomic mass is 10.2. The Morgan fingerprint density at radius 1 is 1.30 bits per heavy atom. The molecule has 0 bridgehead atoms. The third-order valence-corrected chi connectivity index (χ3v) is 3.07. The molecule has 0 saturated carbocycles.